The molecule has 2 amide bonds. The van der Waals surface area contributed by atoms with E-state index in [9.17, 15) is 9.59 Å². The number of rotatable bonds is 5. The average Bonchev–Trinajstić information content (AvgIpc) is 3.53. The number of amides is 2. The molecule has 1 aromatic heterocycles. The first-order valence-corrected chi connectivity index (χ1v) is 14.5. The van der Waals surface area contributed by atoms with E-state index in [2.05, 4.69) is 62.3 Å². The highest BCUT2D eigenvalue weighted by molar-refractivity contribution is 6.68. The molecule has 3 heterocycles. The third-order valence-corrected chi connectivity index (χ3v) is 8.56. The summed E-state index contributed by atoms with van der Waals surface area (Å²) in [6.45, 7) is 20.8. The van der Waals surface area contributed by atoms with E-state index in [-0.39, 0.29) is 29.9 Å². The van der Waals surface area contributed by atoms with Gasteiger partial charge in [0.25, 0.3) is 0 Å². The van der Waals surface area contributed by atoms with E-state index < -0.39 is 23.2 Å². The first kappa shape index (κ1) is 30.2. The number of aromatic nitrogens is 2. The molecule has 0 spiro atoms. The van der Waals surface area contributed by atoms with Gasteiger partial charge in [0.15, 0.2) is 0 Å². The molecular weight excluding hydrogens is 503 g/mol. The van der Waals surface area contributed by atoms with Crippen molar-refractivity contribution in [2.24, 2.45) is 10.8 Å². The van der Waals surface area contributed by atoms with Crippen molar-refractivity contribution < 1.29 is 19.0 Å². The maximum Gasteiger partial charge on any atom is 0.408 e. The van der Waals surface area contributed by atoms with Crippen LogP contribution in [0.5, 0.6) is 0 Å². The molecule has 2 aliphatic rings. The molecule has 2 N–H and O–H groups in total. The zero-order chi connectivity index (χ0) is 29.7. The lowest BCUT2D eigenvalue weighted by Crippen LogP contribution is -2.55. The number of benzene rings is 1. The number of carbonyl (C=O) groups is 2. The Bertz CT molecular complexity index is 1210. The molecule has 218 valence electrons. The number of alkyl carbamates (subject to hydrolysis) is 1. The molecule has 40 heavy (non-hydrogen) atoms. The monoisotopic (exact) mass is 550 g/mol. The van der Waals surface area contributed by atoms with Gasteiger partial charge in [0.05, 0.1) is 17.3 Å². The molecule has 0 saturated carbocycles. The van der Waals surface area contributed by atoms with E-state index in [4.69, 9.17) is 14.4 Å². The van der Waals surface area contributed by atoms with Gasteiger partial charge >= 0.3 is 13.0 Å². The van der Waals surface area contributed by atoms with Crippen LogP contribution in [0.3, 0.4) is 0 Å². The summed E-state index contributed by atoms with van der Waals surface area (Å²) in [5, 5.41) is 2.84. The van der Waals surface area contributed by atoms with Crippen LogP contribution in [0.25, 0.3) is 11.3 Å². The highest BCUT2D eigenvalue weighted by atomic mass is 16.6. The van der Waals surface area contributed by atoms with Crippen molar-refractivity contribution in [1.29, 1.82) is 0 Å². The maximum absolute atomic E-state index is 13.8. The van der Waals surface area contributed by atoms with Crippen LogP contribution in [0.4, 0.5) is 4.79 Å². The Hall–Kier alpha value is -2.81. The molecule has 2 unspecified atom stereocenters. The Morgan fingerprint density at radius 2 is 1.77 bits per heavy atom. The number of carbonyl (C=O) groups excluding carboxylic acids is 2. The number of hydrogen-bond acceptors (Lipinski definition) is 5. The van der Waals surface area contributed by atoms with Crippen LogP contribution in [0.2, 0.25) is 6.32 Å². The molecule has 2 aromatic rings. The molecule has 8 nitrogen and oxygen atoms in total. The Kier molecular flexibility index (Phi) is 7.95. The molecule has 2 aliphatic heterocycles. The molecule has 9 heteroatoms. The number of nitrogens with one attached hydrogen (secondary N) is 2. The molecule has 2 saturated heterocycles. The smallest absolute Gasteiger partial charge is 0.408 e. The number of hydrogen-bond donors (Lipinski definition) is 2. The molecule has 0 radical (unpaired) electrons. The number of aromatic amines is 1. The first-order valence-electron chi connectivity index (χ1n) is 14.5. The largest absolute Gasteiger partial charge is 0.444 e. The molecule has 2 atom stereocenters. The predicted octanol–water partition coefficient (Wildman–Crippen LogP) is 5.71. The number of nitrogens with zero attached hydrogens (tertiary/aromatic N) is 2. The molecule has 0 bridgehead atoms. The lowest BCUT2D eigenvalue weighted by atomic mass is 9.54. The van der Waals surface area contributed by atoms with Gasteiger partial charge in [0.2, 0.25) is 5.91 Å². The first-order chi connectivity index (χ1) is 18.4. The van der Waals surface area contributed by atoms with Gasteiger partial charge < -0.3 is 24.6 Å². The standard InChI is InChI=1S/C31H47BN4O4/c1-28(2,3)24(35-27(38)39-29(4,5)6)26(37)36-17-11-12-23(36)25-33-18-22(34-25)20-13-15-21(16-14-20)32-19-30(7,8)31(9,10)40-32/h13-16,18,23-24H,11-12,17,19H2,1-10H3,(H,33,34)(H,35,38). The van der Waals surface area contributed by atoms with Gasteiger partial charge in [0.1, 0.15) is 17.5 Å². The van der Waals surface area contributed by atoms with Gasteiger partial charge in [-0.2, -0.15) is 0 Å². The number of H-pyrrole nitrogens is 1. The Morgan fingerprint density at radius 1 is 1.12 bits per heavy atom. The van der Waals surface area contributed by atoms with Crippen molar-refractivity contribution >= 4 is 24.4 Å². The van der Waals surface area contributed by atoms with Crippen LogP contribution in [0.1, 0.15) is 93.9 Å². The minimum Gasteiger partial charge on any atom is -0.444 e. The van der Waals surface area contributed by atoms with Crippen LogP contribution in [0, 0.1) is 10.8 Å². The van der Waals surface area contributed by atoms with Crippen LogP contribution in [-0.2, 0) is 14.2 Å². The van der Waals surface area contributed by atoms with E-state index >= 15 is 0 Å². The fourth-order valence-corrected chi connectivity index (χ4v) is 5.53. The van der Waals surface area contributed by atoms with Crippen molar-refractivity contribution in [1.82, 2.24) is 20.2 Å². The number of imidazole rings is 1. The van der Waals surface area contributed by atoms with Crippen LogP contribution < -0.4 is 10.8 Å². The number of likely N-dealkylation sites (tertiary alicyclic amines) is 1. The van der Waals surface area contributed by atoms with Crippen molar-refractivity contribution in [3.05, 3.63) is 36.3 Å². The van der Waals surface area contributed by atoms with Gasteiger partial charge in [0, 0.05) is 18.3 Å². The Morgan fingerprint density at radius 3 is 2.33 bits per heavy atom. The topological polar surface area (TPSA) is 96.6 Å². The fraction of sp³-hybridized carbons (Fsp3) is 0.645. The lowest BCUT2D eigenvalue weighted by Gasteiger charge is -2.35. The quantitative estimate of drug-likeness (QED) is 0.465. The third-order valence-electron chi connectivity index (χ3n) is 8.56. The summed E-state index contributed by atoms with van der Waals surface area (Å²) in [4.78, 5) is 36.5. The summed E-state index contributed by atoms with van der Waals surface area (Å²) in [6.07, 6.45) is 3.99. The van der Waals surface area contributed by atoms with Gasteiger partial charge in [-0.3, -0.25) is 4.79 Å². The molecular formula is C31H47BN4O4. The second kappa shape index (κ2) is 10.5. The van der Waals surface area contributed by atoms with Crippen LogP contribution >= 0.6 is 0 Å². The maximum atomic E-state index is 13.8. The van der Waals surface area contributed by atoms with Crippen molar-refractivity contribution in [2.45, 2.75) is 112 Å². The average molecular weight is 551 g/mol. The summed E-state index contributed by atoms with van der Waals surface area (Å²) in [5.74, 6) is 0.642. The van der Waals surface area contributed by atoms with Crippen LogP contribution in [0.15, 0.2) is 30.5 Å². The normalized spacial score (nSPS) is 21.4. The minimum absolute atomic E-state index is 0.0805. The summed E-state index contributed by atoms with van der Waals surface area (Å²) in [7, 11) is 0. The molecule has 2 fully saturated rings. The Balaban J connectivity index is 1.49. The van der Waals surface area contributed by atoms with Crippen LogP contribution in [-0.4, -0.2) is 57.6 Å². The highest BCUT2D eigenvalue weighted by Crippen LogP contribution is 2.45. The summed E-state index contributed by atoms with van der Waals surface area (Å²) < 4.78 is 11.9. The molecule has 1 aromatic carbocycles. The van der Waals surface area contributed by atoms with Gasteiger partial charge in [-0.05, 0) is 70.1 Å². The third kappa shape index (κ3) is 6.40. The van der Waals surface area contributed by atoms with E-state index in [0.29, 0.717) is 6.54 Å². The van der Waals surface area contributed by atoms with E-state index in [1.807, 2.05) is 52.6 Å². The molecule has 4 rings (SSSR count). The number of ether oxygens (including phenoxy) is 1. The van der Waals surface area contributed by atoms with Gasteiger partial charge in [-0.25, -0.2) is 9.78 Å². The summed E-state index contributed by atoms with van der Waals surface area (Å²) >= 11 is 0. The van der Waals surface area contributed by atoms with E-state index in [0.717, 1.165) is 36.2 Å². The van der Waals surface area contributed by atoms with Gasteiger partial charge in [-0.1, -0.05) is 58.9 Å². The zero-order valence-electron chi connectivity index (χ0n) is 26.0. The fourth-order valence-electron chi connectivity index (χ4n) is 5.53. The van der Waals surface area contributed by atoms with Crippen molar-refractivity contribution in [2.75, 3.05) is 6.54 Å². The SMILES string of the molecule is CC(C)(C)OC(=O)NC(C(=O)N1CCCC1c1nc(-c2ccc(B3CC(C)(C)C(C)(C)O3)cc2)c[nH]1)C(C)(C)C. The summed E-state index contributed by atoms with van der Waals surface area (Å²) in [6, 6.07) is 7.55. The van der Waals surface area contributed by atoms with E-state index in [1.165, 1.54) is 5.46 Å². The lowest BCUT2D eigenvalue weighted by molar-refractivity contribution is -0.137. The van der Waals surface area contributed by atoms with Crippen molar-refractivity contribution in [3.63, 3.8) is 0 Å². The van der Waals surface area contributed by atoms with Gasteiger partial charge in [-0.15, -0.1) is 0 Å². The second-order valence-corrected chi connectivity index (χ2v) is 14.6. The van der Waals surface area contributed by atoms with Crippen molar-refractivity contribution in [3.8, 4) is 11.3 Å². The Labute approximate surface area is 240 Å². The highest BCUT2D eigenvalue weighted by Gasteiger charge is 2.49. The zero-order valence-corrected chi connectivity index (χ0v) is 26.0. The summed E-state index contributed by atoms with van der Waals surface area (Å²) in [5.41, 5.74) is 1.82. The van der Waals surface area contributed by atoms with E-state index in [1.54, 1.807) is 0 Å². The predicted molar refractivity (Wildman–Crippen MR) is 159 cm³/mol. The second-order valence-electron chi connectivity index (χ2n) is 14.6. The molecule has 0 aliphatic carbocycles. The minimum atomic E-state index is -0.724.